The molecule has 12 nitrogen and oxygen atoms in total. The van der Waals surface area contributed by atoms with E-state index >= 15 is 0 Å². The van der Waals surface area contributed by atoms with Crippen molar-refractivity contribution in [3.8, 4) is 0 Å². The third kappa shape index (κ3) is 12.5. The van der Waals surface area contributed by atoms with Gasteiger partial charge in [0.2, 0.25) is 17.7 Å². The third-order valence-corrected chi connectivity index (χ3v) is 9.66. The van der Waals surface area contributed by atoms with Gasteiger partial charge in [-0.05, 0) is 65.5 Å². The van der Waals surface area contributed by atoms with Gasteiger partial charge in [0.15, 0.2) is 6.29 Å². The third-order valence-electron chi connectivity index (χ3n) is 9.66. The Bertz CT molecular complexity index is 995. The normalized spacial score (nSPS) is 36.7. The summed E-state index contributed by atoms with van der Waals surface area (Å²) in [5.41, 5.74) is -1.46. The molecule has 2 heterocycles. The average molecular weight is 671 g/mol. The van der Waals surface area contributed by atoms with Crippen molar-refractivity contribution >= 4 is 17.7 Å². The Kier molecular flexibility index (Phi) is 16.5. The molecule has 0 radical (unpaired) electrons. The highest BCUT2D eigenvalue weighted by atomic mass is 16.7. The zero-order valence-electron chi connectivity index (χ0n) is 31.0. The fourth-order valence-corrected chi connectivity index (χ4v) is 7.15. The van der Waals surface area contributed by atoms with Crippen LogP contribution in [0.2, 0.25) is 0 Å². The number of aliphatic hydroxyl groups excluding tert-OH is 1. The van der Waals surface area contributed by atoms with E-state index in [-0.39, 0.29) is 60.6 Å². The van der Waals surface area contributed by atoms with Crippen LogP contribution in [-0.4, -0.2) is 127 Å². The monoisotopic (exact) mass is 670 g/mol. The minimum Gasteiger partial charge on any atom is -0.392 e. The van der Waals surface area contributed by atoms with Crippen LogP contribution in [0.15, 0.2) is 0 Å². The van der Waals surface area contributed by atoms with E-state index in [1.807, 2.05) is 34.9 Å². The van der Waals surface area contributed by atoms with E-state index in [9.17, 15) is 24.6 Å². The van der Waals surface area contributed by atoms with Crippen molar-refractivity contribution in [3.63, 3.8) is 0 Å². The van der Waals surface area contributed by atoms with Gasteiger partial charge in [-0.3, -0.25) is 14.4 Å². The van der Waals surface area contributed by atoms with Gasteiger partial charge in [0.1, 0.15) is 6.10 Å². The summed E-state index contributed by atoms with van der Waals surface area (Å²) in [4.78, 5) is 42.2. The van der Waals surface area contributed by atoms with E-state index < -0.39 is 42.0 Å². The molecule has 0 aliphatic carbocycles. The molecule has 12 heteroatoms. The summed E-state index contributed by atoms with van der Waals surface area (Å²) in [6, 6.07) is -0.414. The molecule has 2 rings (SSSR count). The van der Waals surface area contributed by atoms with Crippen molar-refractivity contribution in [2.45, 2.75) is 142 Å². The molecule has 1 unspecified atom stereocenters. The maximum atomic E-state index is 13.5. The van der Waals surface area contributed by atoms with Gasteiger partial charge in [-0.15, -0.1) is 0 Å². The topological polar surface area (TPSA) is 150 Å². The molecule has 4 N–H and O–H groups in total. The molecule has 0 bridgehead atoms. The molecule has 274 valence electrons. The number of nitrogens with one attached hydrogen (secondary N) is 2. The molecule has 47 heavy (non-hydrogen) atoms. The molecule has 2 fully saturated rings. The Morgan fingerprint density at radius 1 is 1.21 bits per heavy atom. The van der Waals surface area contributed by atoms with E-state index in [1.165, 1.54) is 0 Å². The molecule has 3 amide bonds. The highest BCUT2D eigenvalue weighted by Gasteiger charge is 2.48. The number of carbonyl (C=O) groups is 3. The minimum atomic E-state index is -1.46. The van der Waals surface area contributed by atoms with E-state index in [0.29, 0.717) is 45.4 Å². The van der Waals surface area contributed by atoms with Gasteiger partial charge in [-0.25, -0.2) is 0 Å². The fraction of sp³-hybridized carbons (Fsp3) is 0.914. The summed E-state index contributed by atoms with van der Waals surface area (Å²) in [6.45, 7) is 16.3. The van der Waals surface area contributed by atoms with Gasteiger partial charge in [-0.2, -0.15) is 0 Å². The Balaban J connectivity index is 2.44. The van der Waals surface area contributed by atoms with E-state index in [4.69, 9.17) is 14.2 Å². The number of amides is 3. The maximum absolute atomic E-state index is 13.5. The fourth-order valence-electron chi connectivity index (χ4n) is 7.15. The van der Waals surface area contributed by atoms with Gasteiger partial charge in [0, 0.05) is 57.6 Å². The van der Waals surface area contributed by atoms with Crippen molar-refractivity contribution in [1.82, 2.24) is 20.4 Å². The highest BCUT2D eigenvalue weighted by molar-refractivity contribution is 5.81. The summed E-state index contributed by atoms with van der Waals surface area (Å²) in [7, 11) is 5.72. The second-order valence-corrected chi connectivity index (χ2v) is 15.1. The number of rotatable bonds is 11. The minimum absolute atomic E-state index is 0.0149. The lowest BCUT2D eigenvalue weighted by molar-refractivity contribution is -0.306. The van der Waals surface area contributed by atoms with Crippen LogP contribution >= 0.6 is 0 Å². The number of ether oxygens (including phenoxy) is 3. The van der Waals surface area contributed by atoms with Crippen molar-refractivity contribution < 1.29 is 38.8 Å². The Labute approximate surface area is 283 Å². The molecule has 0 aromatic carbocycles. The summed E-state index contributed by atoms with van der Waals surface area (Å²) in [6.07, 6.45) is -0.844. The van der Waals surface area contributed by atoms with E-state index in [0.717, 1.165) is 0 Å². The first-order chi connectivity index (χ1) is 21.9. The van der Waals surface area contributed by atoms with Crippen LogP contribution in [0.4, 0.5) is 0 Å². The molecule has 0 spiro atoms. The number of carbonyl (C=O) groups excluding carboxylic acids is 3. The number of likely N-dealkylation sites (N-methyl/N-ethyl adjacent to an activating group) is 1. The zero-order valence-corrected chi connectivity index (χ0v) is 31.0. The SMILES string of the molecule is CCC(=O)NCCCO[C@H]1[C@H](O[C@@H]2[C@@H](C)[C@H](O)C(C)C(=O)N[C@@H](CC(C)C)CC(=O)N(C)C[C@H](C)C[C@@]2(C)O)O[C@H](C)C[C@@H]1N(C)C. The van der Waals surface area contributed by atoms with Crippen molar-refractivity contribution in [2.24, 2.45) is 23.7 Å². The first-order valence-corrected chi connectivity index (χ1v) is 17.7. The van der Waals surface area contributed by atoms with Gasteiger partial charge in [0.25, 0.3) is 0 Å². The largest absolute Gasteiger partial charge is 0.392 e. The molecular formula is C35H66N4O8. The molecule has 0 aromatic rings. The zero-order chi connectivity index (χ0) is 35.6. The first kappa shape index (κ1) is 41.3. The van der Waals surface area contributed by atoms with Crippen LogP contribution in [0.25, 0.3) is 0 Å². The first-order valence-electron chi connectivity index (χ1n) is 17.7. The van der Waals surface area contributed by atoms with Crippen molar-refractivity contribution in [1.29, 1.82) is 0 Å². The van der Waals surface area contributed by atoms with Gasteiger partial charge >= 0.3 is 0 Å². The molecule has 2 aliphatic rings. The summed E-state index contributed by atoms with van der Waals surface area (Å²) in [5.74, 6) is -1.79. The van der Waals surface area contributed by atoms with Crippen LogP contribution in [0.5, 0.6) is 0 Å². The Morgan fingerprint density at radius 3 is 2.47 bits per heavy atom. The predicted molar refractivity (Wildman–Crippen MR) is 181 cm³/mol. The van der Waals surface area contributed by atoms with Crippen molar-refractivity contribution in [2.75, 3.05) is 40.8 Å². The summed E-state index contributed by atoms with van der Waals surface area (Å²) < 4.78 is 19.5. The summed E-state index contributed by atoms with van der Waals surface area (Å²) >= 11 is 0. The van der Waals surface area contributed by atoms with E-state index in [2.05, 4.69) is 29.4 Å². The predicted octanol–water partition coefficient (Wildman–Crippen LogP) is 2.54. The molecule has 0 aromatic heterocycles. The average Bonchev–Trinajstić information content (AvgIpc) is 2.97. The lowest BCUT2D eigenvalue weighted by atomic mass is 9.77. The maximum Gasteiger partial charge on any atom is 0.225 e. The molecule has 2 aliphatic heterocycles. The van der Waals surface area contributed by atoms with Crippen LogP contribution in [0.3, 0.4) is 0 Å². The smallest absolute Gasteiger partial charge is 0.225 e. The molecule has 0 saturated carbocycles. The quantitative estimate of drug-likeness (QED) is 0.243. The lowest BCUT2D eigenvalue weighted by Crippen LogP contribution is -2.60. The van der Waals surface area contributed by atoms with Crippen LogP contribution in [-0.2, 0) is 28.6 Å². The number of hydrogen-bond donors (Lipinski definition) is 4. The van der Waals surface area contributed by atoms with Gasteiger partial charge < -0.3 is 44.9 Å². The molecule has 2 saturated heterocycles. The Hall–Kier alpha value is -1.83. The lowest BCUT2D eigenvalue weighted by Gasteiger charge is -2.48. The number of nitrogens with zero attached hydrogens (tertiary/aromatic N) is 2. The molecular weight excluding hydrogens is 604 g/mol. The number of hydrogen-bond acceptors (Lipinski definition) is 9. The van der Waals surface area contributed by atoms with Gasteiger partial charge in [-0.1, -0.05) is 41.5 Å². The van der Waals surface area contributed by atoms with E-state index in [1.54, 1.807) is 32.7 Å². The standard InChI is InChI=1S/C35H66N4O8/c1-12-28(40)36-14-13-15-45-31-27(38(9)10)17-23(5)46-34(31)47-32-24(6)30(42)25(7)33(43)37-26(16-21(2)3)18-29(41)39(11)20-22(4)19-35(32,8)44/h21-27,30-32,34,42,44H,12-20H2,1-11H3,(H,36,40)(H,37,43)/t22-,23-,24+,25?,26+,27+,30+,31-,32-,34+,35-/m1/s1. The van der Waals surface area contributed by atoms with Crippen LogP contribution < -0.4 is 10.6 Å². The second-order valence-electron chi connectivity index (χ2n) is 15.1. The summed E-state index contributed by atoms with van der Waals surface area (Å²) in [5, 5.41) is 29.7. The van der Waals surface area contributed by atoms with Crippen LogP contribution in [0, 0.1) is 23.7 Å². The Morgan fingerprint density at radius 2 is 1.87 bits per heavy atom. The second kappa shape index (κ2) is 18.8. The van der Waals surface area contributed by atoms with Crippen LogP contribution in [0.1, 0.15) is 93.9 Å². The van der Waals surface area contributed by atoms with Crippen molar-refractivity contribution in [3.05, 3.63) is 0 Å². The van der Waals surface area contributed by atoms with Gasteiger partial charge in [0.05, 0.1) is 29.8 Å². The number of aliphatic hydroxyl groups is 2. The molecule has 11 atom stereocenters. The highest BCUT2D eigenvalue weighted by Crippen LogP contribution is 2.36.